The van der Waals surface area contributed by atoms with Crippen molar-refractivity contribution in [1.29, 1.82) is 0 Å². The number of hydrogen-bond acceptors (Lipinski definition) is 8. The van der Waals surface area contributed by atoms with Gasteiger partial charge in [0.25, 0.3) is 0 Å². The first-order valence-corrected chi connectivity index (χ1v) is 12.3. The SMILES string of the molecule is CCN1CCN(C(=O)NC(C(=O)N[C@H]2Cc3cccc(C(=O)O)c3OB2O)c2cccc(C(=O)O)c2)C(=O)C1=O. The van der Waals surface area contributed by atoms with E-state index in [0.29, 0.717) is 10.5 Å². The van der Waals surface area contributed by atoms with E-state index in [2.05, 4.69) is 10.6 Å². The highest BCUT2D eigenvalue weighted by Gasteiger charge is 2.41. The first kappa shape index (κ1) is 28.1. The molecule has 0 spiro atoms. The Hall–Kier alpha value is -4.92. The molecule has 5 amide bonds. The van der Waals surface area contributed by atoms with Crippen LogP contribution in [0.15, 0.2) is 42.5 Å². The van der Waals surface area contributed by atoms with Crippen molar-refractivity contribution in [2.24, 2.45) is 0 Å². The first-order chi connectivity index (χ1) is 19.0. The summed E-state index contributed by atoms with van der Waals surface area (Å²) < 4.78 is 5.40. The van der Waals surface area contributed by atoms with Crippen molar-refractivity contribution in [2.75, 3.05) is 19.6 Å². The minimum atomic E-state index is -1.65. The summed E-state index contributed by atoms with van der Waals surface area (Å²) in [6.07, 6.45) is -0.0227. The Morgan fingerprint density at radius 1 is 1.05 bits per heavy atom. The van der Waals surface area contributed by atoms with Gasteiger partial charge in [-0.25, -0.2) is 14.4 Å². The maximum absolute atomic E-state index is 13.5. The summed E-state index contributed by atoms with van der Waals surface area (Å²) >= 11 is 0. The molecular weight excluding hydrogens is 527 g/mol. The van der Waals surface area contributed by atoms with Crippen LogP contribution in [-0.2, 0) is 20.8 Å². The lowest BCUT2D eigenvalue weighted by molar-refractivity contribution is -0.153. The summed E-state index contributed by atoms with van der Waals surface area (Å²) in [4.78, 5) is 76.3. The molecule has 15 heteroatoms. The van der Waals surface area contributed by atoms with Gasteiger partial charge in [-0.2, -0.15) is 0 Å². The fraction of sp³-hybridized carbons (Fsp3) is 0.280. The van der Waals surface area contributed by atoms with Crippen molar-refractivity contribution >= 4 is 42.8 Å². The molecule has 5 N–H and O–H groups in total. The van der Waals surface area contributed by atoms with Gasteiger partial charge in [0.05, 0.1) is 17.1 Å². The van der Waals surface area contributed by atoms with E-state index in [0.717, 1.165) is 6.07 Å². The highest BCUT2D eigenvalue weighted by Crippen LogP contribution is 2.30. The minimum absolute atomic E-state index is 0.0227. The number of para-hydroxylation sites is 1. The number of amides is 5. The van der Waals surface area contributed by atoms with Gasteiger partial charge in [0.2, 0.25) is 5.91 Å². The van der Waals surface area contributed by atoms with E-state index in [9.17, 15) is 44.0 Å². The molecule has 0 bridgehead atoms. The zero-order chi connectivity index (χ0) is 29.1. The fourth-order valence-corrected chi connectivity index (χ4v) is 4.51. The van der Waals surface area contributed by atoms with Crippen LogP contribution in [-0.4, -0.2) is 93.4 Å². The predicted molar refractivity (Wildman–Crippen MR) is 136 cm³/mol. The molecule has 2 aromatic carbocycles. The van der Waals surface area contributed by atoms with Crippen molar-refractivity contribution in [3.63, 3.8) is 0 Å². The average Bonchev–Trinajstić information content (AvgIpc) is 2.93. The number of urea groups is 1. The van der Waals surface area contributed by atoms with E-state index in [4.69, 9.17) is 4.65 Å². The number of hydrogen-bond donors (Lipinski definition) is 5. The molecule has 2 heterocycles. The number of nitrogens with zero attached hydrogens (tertiary/aromatic N) is 2. The van der Waals surface area contributed by atoms with E-state index in [1.54, 1.807) is 13.0 Å². The van der Waals surface area contributed by atoms with Crippen LogP contribution in [0, 0.1) is 0 Å². The number of carbonyl (C=O) groups is 6. The third-order valence-electron chi connectivity index (χ3n) is 6.61. The molecule has 0 aliphatic carbocycles. The molecule has 2 atom stereocenters. The van der Waals surface area contributed by atoms with Gasteiger partial charge in [0.1, 0.15) is 11.8 Å². The summed E-state index contributed by atoms with van der Waals surface area (Å²) in [5, 5.41) is 34.3. The van der Waals surface area contributed by atoms with Crippen LogP contribution in [0.1, 0.15) is 44.8 Å². The van der Waals surface area contributed by atoms with Crippen molar-refractivity contribution in [3.05, 3.63) is 64.7 Å². The maximum atomic E-state index is 13.5. The topological polar surface area (TPSA) is 203 Å². The van der Waals surface area contributed by atoms with E-state index in [-0.39, 0.29) is 48.5 Å². The van der Waals surface area contributed by atoms with Gasteiger partial charge in [0, 0.05) is 19.6 Å². The Balaban J connectivity index is 1.59. The number of carboxylic acids is 2. The lowest BCUT2D eigenvalue weighted by Crippen LogP contribution is -2.60. The highest BCUT2D eigenvalue weighted by molar-refractivity contribution is 6.47. The van der Waals surface area contributed by atoms with Crippen LogP contribution in [0.25, 0.3) is 0 Å². The Morgan fingerprint density at radius 3 is 2.45 bits per heavy atom. The molecule has 2 aromatic rings. The monoisotopic (exact) mass is 552 g/mol. The van der Waals surface area contributed by atoms with Crippen LogP contribution in [0.5, 0.6) is 5.75 Å². The summed E-state index contributed by atoms with van der Waals surface area (Å²) in [5.74, 6) is -6.51. The average molecular weight is 552 g/mol. The Labute approximate surface area is 227 Å². The first-order valence-electron chi connectivity index (χ1n) is 12.3. The predicted octanol–water partition coefficient (Wildman–Crippen LogP) is -0.336. The Kier molecular flexibility index (Phi) is 8.04. The number of benzene rings is 2. The Morgan fingerprint density at radius 2 is 1.77 bits per heavy atom. The van der Waals surface area contributed by atoms with Crippen LogP contribution >= 0.6 is 0 Å². The molecule has 0 radical (unpaired) electrons. The zero-order valence-corrected chi connectivity index (χ0v) is 21.2. The zero-order valence-electron chi connectivity index (χ0n) is 21.2. The van der Waals surface area contributed by atoms with Gasteiger partial charge in [-0.15, -0.1) is 0 Å². The number of piperazine rings is 1. The normalized spacial score (nSPS) is 17.4. The van der Waals surface area contributed by atoms with Gasteiger partial charge in [-0.05, 0) is 42.7 Å². The second-order valence-electron chi connectivity index (χ2n) is 9.08. The summed E-state index contributed by atoms with van der Waals surface area (Å²) in [7, 11) is -1.65. The van der Waals surface area contributed by atoms with Gasteiger partial charge >= 0.3 is 36.9 Å². The van der Waals surface area contributed by atoms with Crippen molar-refractivity contribution in [1.82, 2.24) is 20.4 Å². The quantitative estimate of drug-likeness (QED) is 0.223. The molecule has 208 valence electrons. The lowest BCUT2D eigenvalue weighted by atomic mass is 9.72. The molecule has 0 aromatic heterocycles. The summed E-state index contributed by atoms with van der Waals surface area (Å²) in [5.41, 5.74) is 0.112. The summed E-state index contributed by atoms with van der Waals surface area (Å²) in [6, 6.07) is 6.97. The molecule has 40 heavy (non-hydrogen) atoms. The number of likely N-dealkylation sites (N-methyl/N-ethyl adjacent to an activating group) is 1. The molecule has 14 nitrogen and oxygen atoms in total. The number of carboxylic acid groups (broad SMARTS) is 2. The molecule has 2 aliphatic rings. The number of imide groups is 1. The minimum Gasteiger partial charge on any atom is -0.534 e. The van der Waals surface area contributed by atoms with E-state index in [1.807, 2.05) is 0 Å². The molecule has 2 aliphatic heterocycles. The second kappa shape index (κ2) is 11.4. The summed E-state index contributed by atoms with van der Waals surface area (Å²) in [6.45, 7) is 1.94. The third-order valence-corrected chi connectivity index (χ3v) is 6.61. The number of rotatable bonds is 7. The third kappa shape index (κ3) is 5.59. The van der Waals surface area contributed by atoms with Gasteiger partial charge in [0.15, 0.2) is 0 Å². The van der Waals surface area contributed by atoms with E-state index in [1.165, 1.54) is 35.2 Å². The van der Waals surface area contributed by atoms with Gasteiger partial charge in [-0.1, -0.05) is 24.3 Å². The second-order valence-corrected chi connectivity index (χ2v) is 9.08. The van der Waals surface area contributed by atoms with Gasteiger partial charge in [-0.3, -0.25) is 19.3 Å². The van der Waals surface area contributed by atoms with E-state index >= 15 is 0 Å². The fourth-order valence-electron chi connectivity index (χ4n) is 4.51. The Bertz CT molecular complexity index is 1400. The van der Waals surface area contributed by atoms with Crippen LogP contribution in [0.4, 0.5) is 4.79 Å². The number of aromatic carboxylic acids is 2. The molecule has 1 fully saturated rings. The molecule has 0 saturated carbocycles. The number of carbonyl (C=O) groups excluding carboxylic acids is 4. The molecular formula is C25H25BN4O10. The largest absolute Gasteiger partial charge is 0.547 e. The molecule has 1 saturated heterocycles. The van der Waals surface area contributed by atoms with Crippen LogP contribution in [0.2, 0.25) is 0 Å². The van der Waals surface area contributed by atoms with E-state index < -0.39 is 54.8 Å². The van der Waals surface area contributed by atoms with Crippen LogP contribution in [0.3, 0.4) is 0 Å². The number of fused-ring (bicyclic) bond motifs is 1. The van der Waals surface area contributed by atoms with Crippen molar-refractivity contribution < 1.29 is 48.7 Å². The number of nitrogens with one attached hydrogen (secondary N) is 2. The molecule has 1 unspecified atom stereocenters. The lowest BCUT2D eigenvalue weighted by Gasteiger charge is -2.33. The maximum Gasteiger partial charge on any atom is 0.547 e. The highest BCUT2D eigenvalue weighted by atomic mass is 16.5. The standard InChI is InChI=1S/C25H25BN4O10/c1-2-29-9-10-30(22(33)21(29)32)25(38)28-18(13-5-3-7-15(11-13)23(34)35)20(31)27-17-12-14-6-4-8-16(24(36)37)19(14)40-26(17)39/h3-8,11,17-18,39H,2,9-10,12H2,1H3,(H,27,31)(H,28,38)(H,34,35)(H,36,37)/t17-,18?/m0/s1. The molecule has 4 rings (SSSR count). The van der Waals surface area contributed by atoms with Crippen molar-refractivity contribution in [3.8, 4) is 5.75 Å². The van der Waals surface area contributed by atoms with Crippen molar-refractivity contribution in [2.45, 2.75) is 25.3 Å². The van der Waals surface area contributed by atoms with Gasteiger partial charge < -0.3 is 35.4 Å². The smallest absolute Gasteiger partial charge is 0.534 e. The van der Waals surface area contributed by atoms with Crippen LogP contribution < -0.4 is 15.3 Å².